The number of nitrogens with zero attached hydrogens (tertiary/aromatic N) is 2. The second-order valence-corrected chi connectivity index (χ2v) is 8.70. The van der Waals surface area contributed by atoms with Crippen molar-refractivity contribution in [3.05, 3.63) is 71.1 Å². The maximum absolute atomic E-state index is 12.8. The molecule has 31 heavy (non-hydrogen) atoms. The molecule has 1 aliphatic rings. The first-order valence-corrected chi connectivity index (χ1v) is 11.1. The molecule has 1 aromatic heterocycles. The summed E-state index contributed by atoms with van der Waals surface area (Å²) in [6.45, 7) is 6.26. The number of carbonyl (C=O) groups excluding carboxylic acids is 1. The van der Waals surface area contributed by atoms with E-state index in [0.717, 1.165) is 41.9 Å². The molecule has 0 aliphatic heterocycles. The van der Waals surface area contributed by atoms with Crippen molar-refractivity contribution in [3.63, 3.8) is 0 Å². The molecule has 4 rings (SSSR count). The van der Waals surface area contributed by atoms with Crippen molar-refractivity contribution in [1.82, 2.24) is 9.88 Å². The van der Waals surface area contributed by atoms with E-state index in [2.05, 4.69) is 60.1 Å². The molecule has 1 heterocycles. The standard InChI is InChI=1S/C27H29N3O/c1-18-8-4-7-11-26(18)29-27(31)24(17-28)15-23-14-19(2)30(20(23)3)25-13-12-21-9-5-6-10-22(21)16-25/h5-6,9-10,12-16,18,26H,4,7-8,11H2,1-3H3,(H,29,31)/b24-15+/t18-,26-/m1/s1. The van der Waals surface area contributed by atoms with Crippen LogP contribution in [0.15, 0.2) is 54.1 Å². The van der Waals surface area contributed by atoms with Crippen LogP contribution >= 0.6 is 0 Å². The molecule has 4 nitrogen and oxygen atoms in total. The van der Waals surface area contributed by atoms with Crippen molar-refractivity contribution in [1.29, 1.82) is 5.26 Å². The first-order chi connectivity index (χ1) is 15.0. The van der Waals surface area contributed by atoms with Crippen LogP contribution in [0.25, 0.3) is 22.5 Å². The highest BCUT2D eigenvalue weighted by atomic mass is 16.1. The Morgan fingerprint density at radius 3 is 2.58 bits per heavy atom. The Kier molecular flexibility index (Phi) is 5.95. The number of hydrogen-bond donors (Lipinski definition) is 1. The van der Waals surface area contributed by atoms with Crippen LogP contribution in [0.5, 0.6) is 0 Å². The fourth-order valence-corrected chi connectivity index (χ4v) is 4.73. The van der Waals surface area contributed by atoms with Gasteiger partial charge in [-0.3, -0.25) is 4.79 Å². The van der Waals surface area contributed by atoms with E-state index >= 15 is 0 Å². The van der Waals surface area contributed by atoms with Crippen molar-refractivity contribution < 1.29 is 4.79 Å². The Labute approximate surface area is 184 Å². The summed E-state index contributed by atoms with van der Waals surface area (Å²) in [4.78, 5) is 12.8. The number of hydrogen-bond acceptors (Lipinski definition) is 2. The summed E-state index contributed by atoms with van der Waals surface area (Å²) in [6, 6.07) is 19.0. The molecule has 0 spiro atoms. The molecule has 2 aromatic carbocycles. The third-order valence-electron chi connectivity index (χ3n) is 6.55. The molecule has 1 aliphatic carbocycles. The molecule has 1 amide bonds. The average molecular weight is 412 g/mol. The lowest BCUT2D eigenvalue weighted by molar-refractivity contribution is -0.118. The summed E-state index contributed by atoms with van der Waals surface area (Å²) in [5.74, 6) is 0.187. The summed E-state index contributed by atoms with van der Waals surface area (Å²) in [5.41, 5.74) is 4.22. The van der Waals surface area contributed by atoms with Crippen molar-refractivity contribution in [2.75, 3.05) is 0 Å². The lowest BCUT2D eigenvalue weighted by Crippen LogP contribution is -2.41. The second-order valence-electron chi connectivity index (χ2n) is 8.70. The van der Waals surface area contributed by atoms with E-state index in [1.165, 1.54) is 17.2 Å². The van der Waals surface area contributed by atoms with Crippen LogP contribution in [0.1, 0.15) is 49.6 Å². The number of nitriles is 1. The van der Waals surface area contributed by atoms with E-state index < -0.39 is 0 Å². The van der Waals surface area contributed by atoms with Gasteiger partial charge in [-0.15, -0.1) is 0 Å². The van der Waals surface area contributed by atoms with Crippen LogP contribution in [-0.2, 0) is 4.79 Å². The number of aryl methyl sites for hydroxylation is 1. The van der Waals surface area contributed by atoms with Gasteiger partial charge in [-0.1, -0.05) is 50.1 Å². The van der Waals surface area contributed by atoms with E-state index in [1.54, 1.807) is 6.08 Å². The maximum Gasteiger partial charge on any atom is 0.262 e. The van der Waals surface area contributed by atoms with Crippen LogP contribution < -0.4 is 5.32 Å². The molecule has 0 saturated heterocycles. The van der Waals surface area contributed by atoms with Gasteiger partial charge in [-0.25, -0.2) is 0 Å². The number of amides is 1. The smallest absolute Gasteiger partial charge is 0.262 e. The van der Waals surface area contributed by atoms with Crippen molar-refractivity contribution in [3.8, 4) is 11.8 Å². The molecule has 1 fully saturated rings. The molecule has 0 radical (unpaired) electrons. The molecule has 1 saturated carbocycles. The van der Waals surface area contributed by atoms with Gasteiger partial charge >= 0.3 is 0 Å². The van der Waals surface area contributed by atoms with Gasteiger partial charge in [0.15, 0.2) is 0 Å². The minimum Gasteiger partial charge on any atom is -0.348 e. The molecule has 0 unspecified atom stereocenters. The summed E-state index contributed by atoms with van der Waals surface area (Å²) in [5, 5.41) is 15.2. The minimum absolute atomic E-state index is 0.156. The molecular formula is C27H29N3O. The van der Waals surface area contributed by atoms with Crippen LogP contribution in [0, 0.1) is 31.1 Å². The van der Waals surface area contributed by atoms with Gasteiger partial charge in [0.1, 0.15) is 11.6 Å². The van der Waals surface area contributed by atoms with Gasteiger partial charge in [0.05, 0.1) is 0 Å². The van der Waals surface area contributed by atoms with E-state index in [9.17, 15) is 10.1 Å². The van der Waals surface area contributed by atoms with Gasteiger partial charge in [0.2, 0.25) is 0 Å². The first-order valence-electron chi connectivity index (χ1n) is 11.1. The van der Waals surface area contributed by atoms with Crippen LogP contribution in [-0.4, -0.2) is 16.5 Å². The molecule has 3 aromatic rings. The van der Waals surface area contributed by atoms with Crippen molar-refractivity contribution in [2.45, 2.75) is 52.5 Å². The van der Waals surface area contributed by atoms with Crippen molar-refractivity contribution >= 4 is 22.8 Å². The summed E-state index contributed by atoms with van der Waals surface area (Å²) < 4.78 is 2.17. The number of fused-ring (bicyclic) bond motifs is 1. The molecule has 158 valence electrons. The highest BCUT2D eigenvalue weighted by Crippen LogP contribution is 2.27. The monoisotopic (exact) mass is 411 g/mol. The predicted molar refractivity (Wildman–Crippen MR) is 126 cm³/mol. The minimum atomic E-state index is -0.267. The Hall–Kier alpha value is -3.32. The molecule has 0 bridgehead atoms. The van der Waals surface area contributed by atoms with Gasteiger partial charge in [-0.05, 0) is 73.2 Å². The Bertz CT molecular complexity index is 1190. The highest BCUT2D eigenvalue weighted by Gasteiger charge is 2.24. The summed E-state index contributed by atoms with van der Waals surface area (Å²) >= 11 is 0. The van der Waals surface area contributed by atoms with E-state index in [-0.39, 0.29) is 17.5 Å². The largest absolute Gasteiger partial charge is 0.348 e. The SMILES string of the molecule is Cc1cc(/C=C(\C#N)C(=O)N[C@@H]2CCCC[C@H]2C)c(C)n1-c1ccc2ccccc2c1. The Morgan fingerprint density at radius 1 is 1.10 bits per heavy atom. The number of nitrogens with one attached hydrogen (secondary N) is 1. The quantitative estimate of drug-likeness (QED) is 0.432. The molecule has 1 N–H and O–H groups in total. The predicted octanol–water partition coefficient (Wildman–Crippen LogP) is 5.85. The normalized spacial score (nSPS) is 19.2. The zero-order valence-corrected chi connectivity index (χ0v) is 18.5. The molecular weight excluding hydrogens is 382 g/mol. The number of aromatic nitrogens is 1. The van der Waals surface area contributed by atoms with Gasteiger partial charge in [0.25, 0.3) is 5.91 Å². The number of rotatable bonds is 4. The zero-order chi connectivity index (χ0) is 22.0. The third-order valence-corrected chi connectivity index (χ3v) is 6.55. The highest BCUT2D eigenvalue weighted by molar-refractivity contribution is 6.02. The number of benzene rings is 2. The Morgan fingerprint density at radius 2 is 1.84 bits per heavy atom. The molecule has 2 atom stereocenters. The zero-order valence-electron chi connectivity index (χ0n) is 18.5. The van der Waals surface area contributed by atoms with Crippen LogP contribution in [0.2, 0.25) is 0 Å². The van der Waals surface area contributed by atoms with E-state index in [0.29, 0.717) is 5.92 Å². The lowest BCUT2D eigenvalue weighted by atomic mass is 9.86. The topological polar surface area (TPSA) is 57.8 Å². The number of carbonyl (C=O) groups is 1. The van der Waals surface area contributed by atoms with Crippen LogP contribution in [0.4, 0.5) is 0 Å². The van der Waals surface area contributed by atoms with Crippen molar-refractivity contribution in [2.24, 2.45) is 5.92 Å². The average Bonchev–Trinajstić information content (AvgIpc) is 3.06. The van der Waals surface area contributed by atoms with E-state index in [1.807, 2.05) is 25.1 Å². The second kappa shape index (κ2) is 8.81. The lowest BCUT2D eigenvalue weighted by Gasteiger charge is -2.29. The Balaban J connectivity index is 1.64. The summed E-state index contributed by atoms with van der Waals surface area (Å²) in [7, 11) is 0. The summed E-state index contributed by atoms with van der Waals surface area (Å²) in [6.07, 6.45) is 6.19. The van der Waals surface area contributed by atoms with Gasteiger partial charge in [0, 0.05) is 23.1 Å². The molecule has 4 heteroatoms. The first kappa shape index (κ1) is 20.9. The van der Waals surface area contributed by atoms with E-state index in [4.69, 9.17) is 0 Å². The fourth-order valence-electron chi connectivity index (χ4n) is 4.73. The third kappa shape index (κ3) is 4.27. The van der Waals surface area contributed by atoms with Crippen LogP contribution in [0.3, 0.4) is 0 Å². The maximum atomic E-state index is 12.8. The van der Waals surface area contributed by atoms with Gasteiger partial charge < -0.3 is 9.88 Å². The fraction of sp³-hybridized carbons (Fsp3) is 0.333. The van der Waals surface area contributed by atoms with Gasteiger partial charge in [-0.2, -0.15) is 5.26 Å².